The topological polar surface area (TPSA) is 44.5 Å². The fourth-order valence-electron chi connectivity index (χ4n) is 2.18. The Balaban J connectivity index is 2.32. The highest BCUT2D eigenvalue weighted by Gasteiger charge is 2.28. The summed E-state index contributed by atoms with van der Waals surface area (Å²) in [6.07, 6.45) is 3.34. The molecular formula is C13H18FNO2. The van der Waals surface area contributed by atoms with E-state index in [1.807, 2.05) is 0 Å². The molecule has 1 atom stereocenters. The van der Waals surface area contributed by atoms with Gasteiger partial charge in [-0.1, -0.05) is 6.42 Å². The van der Waals surface area contributed by atoms with Crippen molar-refractivity contribution in [2.45, 2.75) is 25.3 Å². The van der Waals surface area contributed by atoms with Gasteiger partial charge in [-0.2, -0.15) is 0 Å². The van der Waals surface area contributed by atoms with E-state index in [9.17, 15) is 4.39 Å². The van der Waals surface area contributed by atoms with E-state index in [0.29, 0.717) is 23.0 Å². The molecule has 4 heteroatoms. The molecule has 1 aliphatic carbocycles. The van der Waals surface area contributed by atoms with E-state index >= 15 is 0 Å². The van der Waals surface area contributed by atoms with Gasteiger partial charge in [-0.15, -0.1) is 0 Å². The second kappa shape index (κ2) is 4.92. The predicted octanol–water partition coefficient (Wildman–Crippen LogP) is 2.64. The summed E-state index contributed by atoms with van der Waals surface area (Å²) in [5, 5.41) is 0. The van der Waals surface area contributed by atoms with Crippen LogP contribution >= 0.6 is 0 Å². The molecule has 0 unspecified atom stereocenters. The number of nitrogens with two attached hydrogens (primary N) is 1. The van der Waals surface area contributed by atoms with Crippen molar-refractivity contribution in [2.24, 2.45) is 11.7 Å². The Labute approximate surface area is 101 Å². The van der Waals surface area contributed by atoms with Gasteiger partial charge in [0.1, 0.15) is 5.82 Å². The van der Waals surface area contributed by atoms with E-state index in [-0.39, 0.29) is 11.9 Å². The Morgan fingerprint density at radius 2 is 1.82 bits per heavy atom. The summed E-state index contributed by atoms with van der Waals surface area (Å²) in [5.41, 5.74) is 6.60. The molecule has 0 bridgehead atoms. The average molecular weight is 239 g/mol. The molecule has 0 aliphatic heterocycles. The highest BCUT2D eigenvalue weighted by Crippen LogP contribution is 2.39. The molecule has 1 fully saturated rings. The number of ether oxygens (including phenoxy) is 2. The Bertz CT molecular complexity index is 405. The largest absolute Gasteiger partial charge is 0.493 e. The number of rotatable bonds is 4. The van der Waals surface area contributed by atoms with E-state index in [4.69, 9.17) is 15.2 Å². The molecule has 0 saturated heterocycles. The maximum Gasteiger partial charge on any atom is 0.163 e. The van der Waals surface area contributed by atoms with Crippen molar-refractivity contribution in [3.8, 4) is 11.5 Å². The number of methoxy groups -OCH3 is 2. The highest BCUT2D eigenvalue weighted by atomic mass is 19.1. The van der Waals surface area contributed by atoms with Crippen LogP contribution in [0, 0.1) is 11.7 Å². The molecule has 0 aromatic heterocycles. The zero-order chi connectivity index (χ0) is 12.4. The first-order valence-electron chi connectivity index (χ1n) is 5.84. The van der Waals surface area contributed by atoms with E-state index in [2.05, 4.69) is 0 Å². The Morgan fingerprint density at radius 1 is 1.24 bits per heavy atom. The van der Waals surface area contributed by atoms with Gasteiger partial charge in [-0.3, -0.25) is 0 Å². The van der Waals surface area contributed by atoms with Crippen molar-refractivity contribution in [1.29, 1.82) is 0 Å². The summed E-state index contributed by atoms with van der Waals surface area (Å²) in [5.74, 6) is 0.998. The summed E-state index contributed by atoms with van der Waals surface area (Å²) in [6, 6.07) is 2.74. The van der Waals surface area contributed by atoms with Crippen molar-refractivity contribution < 1.29 is 13.9 Å². The van der Waals surface area contributed by atoms with Gasteiger partial charge in [0.05, 0.1) is 14.2 Å². The third-order valence-corrected chi connectivity index (χ3v) is 3.52. The summed E-state index contributed by atoms with van der Waals surface area (Å²) >= 11 is 0. The second-order valence-corrected chi connectivity index (χ2v) is 4.45. The standard InChI is InChI=1S/C13H18FNO2/c1-16-11-6-9(10(14)7-12(11)17-2)13(15)8-4-3-5-8/h6-8,13H,3-5,15H2,1-2H3/t13-/m0/s1. The van der Waals surface area contributed by atoms with Gasteiger partial charge in [0.2, 0.25) is 0 Å². The quantitative estimate of drug-likeness (QED) is 0.878. The van der Waals surface area contributed by atoms with Gasteiger partial charge < -0.3 is 15.2 Å². The summed E-state index contributed by atoms with van der Waals surface area (Å²) < 4.78 is 24.1. The van der Waals surface area contributed by atoms with Crippen LogP contribution in [0.5, 0.6) is 11.5 Å². The van der Waals surface area contributed by atoms with Gasteiger partial charge in [0.25, 0.3) is 0 Å². The van der Waals surface area contributed by atoms with Gasteiger partial charge in [-0.05, 0) is 24.8 Å². The molecule has 94 valence electrons. The Kier molecular flexibility index (Phi) is 3.52. The molecule has 1 aliphatic rings. The lowest BCUT2D eigenvalue weighted by Crippen LogP contribution is -2.27. The van der Waals surface area contributed by atoms with E-state index in [1.165, 1.54) is 26.7 Å². The Hall–Kier alpha value is -1.29. The molecule has 1 aromatic carbocycles. The lowest BCUT2D eigenvalue weighted by Gasteiger charge is -2.31. The highest BCUT2D eigenvalue weighted by molar-refractivity contribution is 5.44. The smallest absolute Gasteiger partial charge is 0.163 e. The lowest BCUT2D eigenvalue weighted by molar-refractivity contribution is 0.259. The molecule has 0 radical (unpaired) electrons. The number of hydrogen-bond acceptors (Lipinski definition) is 3. The van der Waals surface area contributed by atoms with Crippen molar-refractivity contribution in [3.05, 3.63) is 23.5 Å². The number of benzene rings is 1. The SMILES string of the molecule is COc1cc(F)c([C@@H](N)C2CCC2)cc1OC. The van der Waals surface area contributed by atoms with Crippen LogP contribution in [0.3, 0.4) is 0 Å². The van der Waals surface area contributed by atoms with E-state index in [0.717, 1.165) is 12.8 Å². The third kappa shape index (κ3) is 2.22. The second-order valence-electron chi connectivity index (χ2n) is 4.45. The van der Waals surface area contributed by atoms with Crippen molar-refractivity contribution >= 4 is 0 Å². The molecule has 0 heterocycles. The Morgan fingerprint density at radius 3 is 2.29 bits per heavy atom. The van der Waals surface area contributed by atoms with Crippen molar-refractivity contribution in [2.75, 3.05) is 14.2 Å². The first kappa shape index (κ1) is 12.2. The van der Waals surface area contributed by atoms with E-state index in [1.54, 1.807) is 6.07 Å². The monoisotopic (exact) mass is 239 g/mol. The summed E-state index contributed by atoms with van der Waals surface area (Å²) in [6.45, 7) is 0. The number of halogens is 1. The van der Waals surface area contributed by atoms with Crippen LogP contribution in [0.25, 0.3) is 0 Å². The van der Waals surface area contributed by atoms with Gasteiger partial charge in [-0.25, -0.2) is 4.39 Å². The molecule has 2 rings (SSSR count). The van der Waals surface area contributed by atoms with Crippen LogP contribution in [0.2, 0.25) is 0 Å². The van der Waals surface area contributed by atoms with Gasteiger partial charge in [0.15, 0.2) is 11.5 Å². The zero-order valence-electron chi connectivity index (χ0n) is 10.2. The van der Waals surface area contributed by atoms with Gasteiger partial charge >= 0.3 is 0 Å². The molecule has 0 spiro atoms. The van der Waals surface area contributed by atoms with Crippen LogP contribution in [-0.2, 0) is 0 Å². The maximum atomic E-state index is 13.9. The first-order valence-corrected chi connectivity index (χ1v) is 5.84. The van der Waals surface area contributed by atoms with E-state index < -0.39 is 0 Å². The molecule has 1 aromatic rings. The minimum absolute atomic E-state index is 0.247. The molecule has 17 heavy (non-hydrogen) atoms. The lowest BCUT2D eigenvalue weighted by atomic mass is 9.77. The molecule has 2 N–H and O–H groups in total. The fraction of sp³-hybridized carbons (Fsp3) is 0.538. The minimum Gasteiger partial charge on any atom is -0.493 e. The summed E-state index contributed by atoms with van der Waals surface area (Å²) in [4.78, 5) is 0. The molecule has 3 nitrogen and oxygen atoms in total. The summed E-state index contributed by atoms with van der Waals surface area (Å²) in [7, 11) is 3.03. The minimum atomic E-state index is -0.318. The van der Waals surface area contributed by atoms with Crippen LogP contribution in [0.4, 0.5) is 4.39 Å². The first-order chi connectivity index (χ1) is 8.17. The van der Waals surface area contributed by atoms with Crippen LogP contribution in [0.1, 0.15) is 30.9 Å². The van der Waals surface area contributed by atoms with Crippen molar-refractivity contribution in [1.82, 2.24) is 0 Å². The third-order valence-electron chi connectivity index (χ3n) is 3.52. The number of hydrogen-bond donors (Lipinski definition) is 1. The van der Waals surface area contributed by atoms with Crippen molar-refractivity contribution in [3.63, 3.8) is 0 Å². The van der Waals surface area contributed by atoms with Crippen LogP contribution in [-0.4, -0.2) is 14.2 Å². The van der Waals surface area contributed by atoms with Crippen LogP contribution in [0.15, 0.2) is 12.1 Å². The fourth-order valence-corrected chi connectivity index (χ4v) is 2.18. The molecule has 1 saturated carbocycles. The predicted molar refractivity (Wildman–Crippen MR) is 63.8 cm³/mol. The van der Waals surface area contributed by atoms with Gasteiger partial charge in [0, 0.05) is 17.7 Å². The molecular weight excluding hydrogens is 221 g/mol. The zero-order valence-corrected chi connectivity index (χ0v) is 10.2. The van der Waals surface area contributed by atoms with Crippen LogP contribution < -0.4 is 15.2 Å². The molecule has 0 amide bonds. The average Bonchev–Trinajstić information content (AvgIpc) is 2.26. The normalized spacial score (nSPS) is 17.4. The maximum absolute atomic E-state index is 13.9.